The standard InChI is InChI=1S/C16H16BrCl2N/c1-10-5-3-6-11(16(10)17)15(20-2)9-12-13(18)7-4-8-14(12)19/h3-8,15,20H,9H2,1-2H3. The van der Waals surface area contributed by atoms with E-state index in [1.807, 2.05) is 25.2 Å². The molecular formula is C16H16BrCl2N. The van der Waals surface area contributed by atoms with E-state index in [-0.39, 0.29) is 6.04 Å². The highest BCUT2D eigenvalue weighted by atomic mass is 79.9. The van der Waals surface area contributed by atoms with Gasteiger partial charge in [-0.25, -0.2) is 0 Å². The zero-order chi connectivity index (χ0) is 14.7. The molecular weight excluding hydrogens is 357 g/mol. The third-order valence-corrected chi connectivity index (χ3v) is 5.21. The van der Waals surface area contributed by atoms with Crippen molar-refractivity contribution in [2.24, 2.45) is 0 Å². The van der Waals surface area contributed by atoms with Gasteiger partial charge in [0.25, 0.3) is 0 Å². The number of aryl methyl sites for hydroxylation is 1. The summed E-state index contributed by atoms with van der Waals surface area (Å²) in [6.07, 6.45) is 0.747. The molecule has 0 bridgehead atoms. The Hall–Kier alpha value is -0.540. The van der Waals surface area contributed by atoms with Crippen LogP contribution in [0.25, 0.3) is 0 Å². The van der Waals surface area contributed by atoms with Crippen LogP contribution in [0.4, 0.5) is 0 Å². The molecule has 106 valence electrons. The van der Waals surface area contributed by atoms with E-state index in [0.29, 0.717) is 10.0 Å². The molecule has 2 aromatic rings. The van der Waals surface area contributed by atoms with Gasteiger partial charge in [-0.05, 0) is 49.2 Å². The number of likely N-dealkylation sites (N-methyl/N-ethyl adjacent to an activating group) is 1. The lowest BCUT2D eigenvalue weighted by Gasteiger charge is -2.20. The van der Waals surface area contributed by atoms with E-state index in [4.69, 9.17) is 23.2 Å². The van der Waals surface area contributed by atoms with E-state index in [1.54, 1.807) is 0 Å². The van der Waals surface area contributed by atoms with Crippen molar-refractivity contribution in [3.63, 3.8) is 0 Å². The van der Waals surface area contributed by atoms with Gasteiger partial charge < -0.3 is 5.32 Å². The summed E-state index contributed by atoms with van der Waals surface area (Å²) in [5, 5.41) is 4.76. The summed E-state index contributed by atoms with van der Waals surface area (Å²) in [6.45, 7) is 2.09. The van der Waals surface area contributed by atoms with Gasteiger partial charge in [0.05, 0.1) is 0 Å². The summed E-state index contributed by atoms with van der Waals surface area (Å²) < 4.78 is 1.13. The second-order valence-corrected chi connectivity index (χ2v) is 6.33. The van der Waals surface area contributed by atoms with Gasteiger partial charge in [0, 0.05) is 20.6 Å². The normalized spacial score (nSPS) is 12.4. The number of halogens is 3. The summed E-state index contributed by atoms with van der Waals surface area (Å²) in [6, 6.07) is 12.0. The van der Waals surface area contributed by atoms with E-state index >= 15 is 0 Å². The molecule has 0 amide bonds. The molecule has 0 heterocycles. The fraction of sp³-hybridized carbons (Fsp3) is 0.250. The van der Waals surface area contributed by atoms with Crippen LogP contribution in [0.5, 0.6) is 0 Å². The minimum atomic E-state index is 0.154. The van der Waals surface area contributed by atoms with Crippen LogP contribution >= 0.6 is 39.1 Å². The SMILES string of the molecule is CNC(Cc1c(Cl)cccc1Cl)c1cccc(C)c1Br. The molecule has 0 aromatic heterocycles. The fourth-order valence-corrected chi connectivity index (χ4v) is 3.33. The van der Waals surface area contributed by atoms with Gasteiger partial charge in [-0.3, -0.25) is 0 Å². The topological polar surface area (TPSA) is 12.0 Å². The Labute approximate surface area is 138 Å². The highest BCUT2D eigenvalue weighted by Crippen LogP contribution is 2.32. The molecule has 0 radical (unpaired) electrons. The van der Waals surface area contributed by atoms with Crippen molar-refractivity contribution in [1.82, 2.24) is 5.32 Å². The quantitative estimate of drug-likeness (QED) is 0.739. The van der Waals surface area contributed by atoms with Crippen molar-refractivity contribution in [2.45, 2.75) is 19.4 Å². The minimum absolute atomic E-state index is 0.154. The van der Waals surface area contributed by atoms with Crippen molar-refractivity contribution in [3.8, 4) is 0 Å². The molecule has 0 fully saturated rings. The van der Waals surface area contributed by atoms with Gasteiger partial charge in [0.2, 0.25) is 0 Å². The number of rotatable bonds is 4. The molecule has 2 rings (SSSR count). The summed E-state index contributed by atoms with van der Waals surface area (Å²) >= 11 is 16.2. The lowest BCUT2D eigenvalue weighted by molar-refractivity contribution is 0.589. The zero-order valence-corrected chi connectivity index (χ0v) is 14.5. The number of benzene rings is 2. The largest absolute Gasteiger partial charge is 0.313 e. The van der Waals surface area contributed by atoms with E-state index in [1.165, 1.54) is 11.1 Å². The van der Waals surface area contributed by atoms with Gasteiger partial charge in [0.15, 0.2) is 0 Å². The van der Waals surface area contributed by atoms with Crippen LogP contribution in [0.3, 0.4) is 0 Å². The Kier molecular flexibility index (Phi) is 5.50. The molecule has 1 unspecified atom stereocenters. The van der Waals surface area contributed by atoms with Crippen LogP contribution in [-0.2, 0) is 6.42 Å². The monoisotopic (exact) mass is 371 g/mol. The number of hydrogen-bond donors (Lipinski definition) is 1. The molecule has 0 saturated heterocycles. The Bertz CT molecular complexity index is 593. The number of hydrogen-bond acceptors (Lipinski definition) is 1. The molecule has 2 aromatic carbocycles. The lowest BCUT2D eigenvalue weighted by Crippen LogP contribution is -2.20. The molecule has 1 nitrogen and oxygen atoms in total. The van der Waals surface area contributed by atoms with Gasteiger partial charge in [0.1, 0.15) is 0 Å². The van der Waals surface area contributed by atoms with Gasteiger partial charge >= 0.3 is 0 Å². The third-order valence-electron chi connectivity index (χ3n) is 3.42. The molecule has 1 N–H and O–H groups in total. The Morgan fingerprint density at radius 1 is 1.10 bits per heavy atom. The molecule has 20 heavy (non-hydrogen) atoms. The highest BCUT2D eigenvalue weighted by Gasteiger charge is 2.17. The maximum Gasteiger partial charge on any atom is 0.0453 e. The molecule has 4 heteroatoms. The van der Waals surface area contributed by atoms with Crippen LogP contribution in [-0.4, -0.2) is 7.05 Å². The lowest BCUT2D eigenvalue weighted by atomic mass is 9.97. The summed E-state index contributed by atoms with van der Waals surface area (Å²) in [5.41, 5.74) is 3.40. The minimum Gasteiger partial charge on any atom is -0.313 e. The van der Waals surface area contributed by atoms with E-state index < -0.39 is 0 Å². The van der Waals surface area contributed by atoms with Crippen molar-refractivity contribution < 1.29 is 0 Å². The maximum absolute atomic E-state index is 6.27. The van der Waals surface area contributed by atoms with Gasteiger partial charge in [-0.15, -0.1) is 0 Å². The summed E-state index contributed by atoms with van der Waals surface area (Å²) in [7, 11) is 1.95. The van der Waals surface area contributed by atoms with E-state index in [9.17, 15) is 0 Å². The molecule has 0 spiro atoms. The number of nitrogens with one attached hydrogen (secondary N) is 1. The Morgan fingerprint density at radius 3 is 2.30 bits per heavy atom. The second kappa shape index (κ2) is 6.95. The average molecular weight is 373 g/mol. The maximum atomic E-state index is 6.27. The fourth-order valence-electron chi connectivity index (χ4n) is 2.24. The zero-order valence-electron chi connectivity index (χ0n) is 11.4. The third kappa shape index (κ3) is 3.37. The first-order chi connectivity index (χ1) is 9.54. The van der Waals surface area contributed by atoms with Gasteiger partial charge in [-0.1, -0.05) is 63.4 Å². The second-order valence-electron chi connectivity index (χ2n) is 4.72. The smallest absolute Gasteiger partial charge is 0.0453 e. The molecule has 0 aliphatic rings. The van der Waals surface area contributed by atoms with Crippen LogP contribution < -0.4 is 5.32 Å². The van der Waals surface area contributed by atoms with Crippen molar-refractivity contribution in [1.29, 1.82) is 0 Å². The predicted molar refractivity (Wildman–Crippen MR) is 90.8 cm³/mol. The van der Waals surface area contributed by atoms with Crippen molar-refractivity contribution >= 4 is 39.1 Å². The molecule has 1 atom stereocenters. The Balaban J connectivity index is 2.37. The van der Waals surface area contributed by atoms with E-state index in [2.05, 4.69) is 46.4 Å². The summed E-state index contributed by atoms with van der Waals surface area (Å²) in [4.78, 5) is 0. The first-order valence-electron chi connectivity index (χ1n) is 6.39. The highest BCUT2D eigenvalue weighted by molar-refractivity contribution is 9.10. The van der Waals surface area contributed by atoms with Crippen LogP contribution in [0.15, 0.2) is 40.9 Å². The first kappa shape index (κ1) is 15.8. The first-order valence-corrected chi connectivity index (χ1v) is 7.94. The van der Waals surface area contributed by atoms with Crippen molar-refractivity contribution in [3.05, 3.63) is 67.6 Å². The molecule has 0 aliphatic heterocycles. The van der Waals surface area contributed by atoms with Crippen LogP contribution in [0, 0.1) is 6.92 Å². The van der Waals surface area contributed by atoms with Gasteiger partial charge in [-0.2, -0.15) is 0 Å². The predicted octanol–water partition coefficient (Wildman–Crippen LogP) is 5.57. The Morgan fingerprint density at radius 2 is 1.70 bits per heavy atom. The summed E-state index contributed by atoms with van der Waals surface area (Å²) in [5.74, 6) is 0. The van der Waals surface area contributed by atoms with Crippen molar-refractivity contribution in [2.75, 3.05) is 7.05 Å². The average Bonchev–Trinajstić information content (AvgIpc) is 2.42. The molecule has 0 aliphatic carbocycles. The van der Waals surface area contributed by atoms with Crippen LogP contribution in [0.1, 0.15) is 22.7 Å². The van der Waals surface area contributed by atoms with Crippen LogP contribution in [0.2, 0.25) is 10.0 Å². The molecule has 0 saturated carbocycles. The van der Waals surface area contributed by atoms with E-state index in [0.717, 1.165) is 16.5 Å².